The minimum Gasteiger partial charge on any atom is -0.493 e. The minimum absolute atomic E-state index is 0.119. The third-order valence-electron chi connectivity index (χ3n) is 4.37. The minimum atomic E-state index is 0.119. The fourth-order valence-electron chi connectivity index (χ4n) is 3.19. The first-order valence-electron chi connectivity index (χ1n) is 7.45. The van der Waals surface area contributed by atoms with Crippen molar-refractivity contribution < 1.29 is 9.47 Å². The molecule has 2 aromatic rings. The van der Waals surface area contributed by atoms with Crippen molar-refractivity contribution in [2.45, 2.75) is 12.5 Å². The highest BCUT2D eigenvalue weighted by molar-refractivity contribution is 6.42. The van der Waals surface area contributed by atoms with Crippen molar-refractivity contribution in [3.05, 3.63) is 57.1 Å². The van der Waals surface area contributed by atoms with E-state index in [0.29, 0.717) is 10.0 Å². The van der Waals surface area contributed by atoms with Crippen LogP contribution >= 0.6 is 23.2 Å². The third-order valence-corrected chi connectivity index (χ3v) is 5.11. The Kier molecular flexibility index (Phi) is 4.72. The van der Waals surface area contributed by atoms with E-state index in [9.17, 15) is 0 Å². The Bertz CT molecular complexity index is 733. The Balaban J connectivity index is 2.13. The fourth-order valence-corrected chi connectivity index (χ4v) is 3.49. The fraction of sp³-hybridized carbons (Fsp3) is 0.333. The lowest BCUT2D eigenvalue weighted by molar-refractivity contribution is 0.262. The molecule has 0 saturated heterocycles. The number of hydrogen-bond acceptors (Lipinski definition) is 3. The lowest BCUT2D eigenvalue weighted by atomic mass is 9.88. The Morgan fingerprint density at radius 2 is 1.70 bits per heavy atom. The van der Waals surface area contributed by atoms with Gasteiger partial charge in [0.05, 0.1) is 30.3 Å². The molecule has 0 N–H and O–H groups in total. The maximum atomic E-state index is 6.22. The number of rotatable bonds is 3. The van der Waals surface area contributed by atoms with Gasteiger partial charge in [-0.05, 0) is 54.4 Å². The van der Waals surface area contributed by atoms with Crippen molar-refractivity contribution in [1.29, 1.82) is 0 Å². The summed E-state index contributed by atoms with van der Waals surface area (Å²) in [4.78, 5) is 2.31. The average Bonchev–Trinajstić information content (AvgIpc) is 2.56. The molecule has 23 heavy (non-hydrogen) atoms. The van der Waals surface area contributed by atoms with Crippen LogP contribution in [-0.4, -0.2) is 32.7 Å². The van der Waals surface area contributed by atoms with Gasteiger partial charge in [-0.15, -0.1) is 0 Å². The second-order valence-corrected chi connectivity index (χ2v) is 6.53. The molecule has 0 bridgehead atoms. The summed E-state index contributed by atoms with van der Waals surface area (Å²) >= 11 is 12.3. The summed E-state index contributed by atoms with van der Waals surface area (Å²) in [5, 5.41) is 1.14. The Hall–Kier alpha value is -1.42. The normalized spacial score (nSPS) is 17.7. The monoisotopic (exact) mass is 351 g/mol. The van der Waals surface area contributed by atoms with E-state index in [1.807, 2.05) is 18.2 Å². The zero-order valence-electron chi connectivity index (χ0n) is 13.4. The topological polar surface area (TPSA) is 21.7 Å². The lowest BCUT2D eigenvalue weighted by Crippen LogP contribution is -2.32. The largest absolute Gasteiger partial charge is 0.493 e. The zero-order chi connectivity index (χ0) is 16.6. The van der Waals surface area contributed by atoms with Gasteiger partial charge in [-0.25, -0.2) is 0 Å². The molecule has 5 heteroatoms. The second kappa shape index (κ2) is 6.60. The number of ether oxygens (including phenoxy) is 2. The number of hydrogen-bond donors (Lipinski definition) is 0. The first-order chi connectivity index (χ1) is 11.0. The number of halogens is 2. The first-order valence-corrected chi connectivity index (χ1v) is 8.20. The Morgan fingerprint density at radius 1 is 1.00 bits per heavy atom. The van der Waals surface area contributed by atoms with Crippen LogP contribution in [0.2, 0.25) is 10.0 Å². The molecule has 0 fully saturated rings. The Morgan fingerprint density at radius 3 is 2.35 bits per heavy atom. The number of methoxy groups -OCH3 is 2. The van der Waals surface area contributed by atoms with Crippen molar-refractivity contribution in [2.24, 2.45) is 0 Å². The maximum absolute atomic E-state index is 6.22. The van der Waals surface area contributed by atoms with Crippen molar-refractivity contribution in [3.8, 4) is 11.5 Å². The van der Waals surface area contributed by atoms with Crippen molar-refractivity contribution in [3.63, 3.8) is 0 Å². The molecule has 0 aliphatic carbocycles. The van der Waals surface area contributed by atoms with Gasteiger partial charge in [-0.2, -0.15) is 0 Å². The molecular formula is C18H19Cl2NO2. The summed E-state index contributed by atoms with van der Waals surface area (Å²) in [6.45, 7) is 0.966. The molecule has 0 amide bonds. The van der Waals surface area contributed by atoms with Crippen LogP contribution in [0.25, 0.3) is 0 Å². The van der Waals surface area contributed by atoms with Crippen LogP contribution in [0, 0.1) is 0 Å². The van der Waals surface area contributed by atoms with Crippen LogP contribution in [0.4, 0.5) is 0 Å². The third kappa shape index (κ3) is 3.01. The van der Waals surface area contributed by atoms with Gasteiger partial charge in [-0.3, -0.25) is 4.90 Å². The van der Waals surface area contributed by atoms with Crippen LogP contribution in [-0.2, 0) is 6.42 Å². The molecule has 0 aromatic heterocycles. The molecule has 1 atom stereocenters. The SMILES string of the molecule is COc1cc2c(cc1OC)C(c1ccc(Cl)c(Cl)c1)N(C)CC2. The highest BCUT2D eigenvalue weighted by atomic mass is 35.5. The van der Waals surface area contributed by atoms with Gasteiger partial charge in [0.25, 0.3) is 0 Å². The number of likely N-dealkylation sites (N-methyl/N-ethyl adjacent to an activating group) is 1. The van der Waals surface area contributed by atoms with Crippen LogP contribution in [0.1, 0.15) is 22.7 Å². The van der Waals surface area contributed by atoms with E-state index in [1.54, 1.807) is 14.2 Å². The van der Waals surface area contributed by atoms with Gasteiger partial charge in [0.2, 0.25) is 0 Å². The van der Waals surface area contributed by atoms with E-state index in [-0.39, 0.29) is 6.04 Å². The molecular weight excluding hydrogens is 333 g/mol. The number of fused-ring (bicyclic) bond motifs is 1. The standard InChI is InChI=1S/C18H19Cl2NO2/c1-21-7-6-11-9-16(22-2)17(23-3)10-13(11)18(21)12-4-5-14(19)15(20)8-12/h4-5,8-10,18H,6-7H2,1-3H3. The predicted octanol–water partition coefficient (Wildman–Crippen LogP) is 4.59. The molecule has 1 heterocycles. The van der Waals surface area contributed by atoms with Gasteiger partial charge in [0, 0.05) is 6.54 Å². The lowest BCUT2D eigenvalue weighted by Gasteiger charge is -2.35. The smallest absolute Gasteiger partial charge is 0.161 e. The van der Waals surface area contributed by atoms with E-state index in [0.717, 1.165) is 30.0 Å². The first kappa shape index (κ1) is 16.4. The van der Waals surface area contributed by atoms with E-state index < -0.39 is 0 Å². The van der Waals surface area contributed by atoms with Crippen LogP contribution in [0.5, 0.6) is 11.5 Å². The molecule has 2 aromatic carbocycles. The van der Waals surface area contributed by atoms with Gasteiger partial charge in [0.15, 0.2) is 11.5 Å². The summed E-state index contributed by atoms with van der Waals surface area (Å²) in [7, 11) is 5.44. The maximum Gasteiger partial charge on any atom is 0.161 e. The van der Waals surface area contributed by atoms with E-state index in [4.69, 9.17) is 32.7 Å². The summed E-state index contributed by atoms with van der Waals surface area (Å²) in [5.74, 6) is 1.51. The zero-order valence-corrected chi connectivity index (χ0v) is 14.9. The molecule has 0 saturated carbocycles. The van der Waals surface area contributed by atoms with Crippen LogP contribution in [0.15, 0.2) is 30.3 Å². The molecule has 1 unspecified atom stereocenters. The molecule has 1 aliphatic rings. The van der Waals surface area contributed by atoms with Crippen LogP contribution in [0.3, 0.4) is 0 Å². The van der Waals surface area contributed by atoms with Gasteiger partial charge >= 0.3 is 0 Å². The van der Waals surface area contributed by atoms with Gasteiger partial charge < -0.3 is 9.47 Å². The molecule has 3 nitrogen and oxygen atoms in total. The van der Waals surface area contributed by atoms with Crippen molar-refractivity contribution in [1.82, 2.24) is 4.90 Å². The van der Waals surface area contributed by atoms with Gasteiger partial charge in [-0.1, -0.05) is 29.3 Å². The summed E-state index contributed by atoms with van der Waals surface area (Å²) in [6, 6.07) is 10.1. The average molecular weight is 352 g/mol. The molecule has 0 spiro atoms. The highest BCUT2D eigenvalue weighted by Crippen LogP contribution is 2.41. The molecule has 122 valence electrons. The molecule has 0 radical (unpaired) electrons. The van der Waals surface area contributed by atoms with E-state index in [1.165, 1.54) is 11.1 Å². The molecule has 1 aliphatic heterocycles. The van der Waals surface area contributed by atoms with Crippen molar-refractivity contribution in [2.75, 3.05) is 27.8 Å². The summed E-state index contributed by atoms with van der Waals surface area (Å²) in [6.07, 6.45) is 0.976. The molecule has 3 rings (SSSR count). The summed E-state index contributed by atoms with van der Waals surface area (Å²) in [5.41, 5.74) is 3.61. The van der Waals surface area contributed by atoms with E-state index >= 15 is 0 Å². The number of nitrogens with zero attached hydrogens (tertiary/aromatic N) is 1. The summed E-state index contributed by atoms with van der Waals surface area (Å²) < 4.78 is 10.9. The highest BCUT2D eigenvalue weighted by Gasteiger charge is 2.28. The van der Waals surface area contributed by atoms with Crippen LogP contribution < -0.4 is 9.47 Å². The van der Waals surface area contributed by atoms with Gasteiger partial charge in [0.1, 0.15) is 0 Å². The quantitative estimate of drug-likeness (QED) is 0.807. The van der Waals surface area contributed by atoms with E-state index in [2.05, 4.69) is 24.1 Å². The predicted molar refractivity (Wildman–Crippen MR) is 94.2 cm³/mol. The van der Waals surface area contributed by atoms with Crippen molar-refractivity contribution >= 4 is 23.2 Å². The second-order valence-electron chi connectivity index (χ2n) is 5.71. The Labute approximate surface area is 146 Å². The number of benzene rings is 2.